The lowest BCUT2D eigenvalue weighted by molar-refractivity contribution is -0.128. The first-order valence-electron chi connectivity index (χ1n) is 7.08. The van der Waals surface area contributed by atoms with Gasteiger partial charge < -0.3 is 20.6 Å². The molecular weight excluding hydrogens is 270 g/mol. The smallest absolute Gasteiger partial charge is 0.256 e. The van der Waals surface area contributed by atoms with Gasteiger partial charge in [-0.2, -0.15) is 0 Å². The Hall–Kier alpha value is -2.08. The summed E-state index contributed by atoms with van der Waals surface area (Å²) in [6.45, 7) is 2.98. The summed E-state index contributed by atoms with van der Waals surface area (Å²) >= 11 is 0. The summed E-state index contributed by atoms with van der Waals surface area (Å²) in [7, 11) is 0. The standard InChI is InChI=1S/C15H21N3O3/c1-11-8-10-21-14(11)15(19)18(9-7-13(16)17-20)12-5-3-2-4-6-12/h2-6,11,14,20H,7-10H2,1H3,(H2,16,17). The number of anilines is 1. The second kappa shape index (κ2) is 7.08. The van der Waals surface area contributed by atoms with E-state index in [1.165, 1.54) is 0 Å². The number of nitrogens with zero attached hydrogens (tertiary/aromatic N) is 2. The average molecular weight is 291 g/mol. The molecule has 1 aromatic carbocycles. The Labute approximate surface area is 124 Å². The lowest BCUT2D eigenvalue weighted by Gasteiger charge is -2.26. The number of amides is 1. The quantitative estimate of drug-likeness (QED) is 0.373. The normalized spacial score (nSPS) is 22.2. The summed E-state index contributed by atoms with van der Waals surface area (Å²) in [6, 6.07) is 9.37. The third kappa shape index (κ3) is 3.72. The minimum Gasteiger partial charge on any atom is -0.409 e. The molecule has 2 atom stereocenters. The zero-order valence-corrected chi connectivity index (χ0v) is 12.1. The van der Waals surface area contributed by atoms with Crippen LogP contribution in [0, 0.1) is 5.92 Å². The molecule has 0 aliphatic carbocycles. The molecule has 0 aromatic heterocycles. The molecule has 1 aliphatic heterocycles. The van der Waals surface area contributed by atoms with E-state index in [4.69, 9.17) is 15.7 Å². The first-order valence-corrected chi connectivity index (χ1v) is 7.08. The van der Waals surface area contributed by atoms with Crippen molar-refractivity contribution in [2.24, 2.45) is 16.8 Å². The van der Waals surface area contributed by atoms with Crippen LogP contribution in [0.4, 0.5) is 5.69 Å². The Kier molecular flexibility index (Phi) is 5.16. The number of benzene rings is 1. The van der Waals surface area contributed by atoms with Crippen molar-refractivity contribution in [1.29, 1.82) is 0 Å². The van der Waals surface area contributed by atoms with Gasteiger partial charge in [0, 0.05) is 25.3 Å². The van der Waals surface area contributed by atoms with Crippen molar-refractivity contribution in [3.63, 3.8) is 0 Å². The summed E-state index contributed by atoms with van der Waals surface area (Å²) in [5.74, 6) is 0.230. The molecule has 1 aliphatic rings. The Morgan fingerprint density at radius 3 is 2.76 bits per heavy atom. The summed E-state index contributed by atoms with van der Waals surface area (Å²) in [4.78, 5) is 14.4. The monoisotopic (exact) mass is 291 g/mol. The van der Waals surface area contributed by atoms with Gasteiger partial charge in [0.1, 0.15) is 11.9 Å². The van der Waals surface area contributed by atoms with Gasteiger partial charge in [0.05, 0.1) is 0 Å². The van der Waals surface area contributed by atoms with Crippen molar-refractivity contribution in [2.75, 3.05) is 18.1 Å². The zero-order valence-electron chi connectivity index (χ0n) is 12.1. The van der Waals surface area contributed by atoms with Crippen molar-refractivity contribution in [3.05, 3.63) is 30.3 Å². The van der Waals surface area contributed by atoms with Crippen molar-refractivity contribution in [3.8, 4) is 0 Å². The Bertz CT molecular complexity index is 504. The molecule has 1 heterocycles. The number of rotatable bonds is 5. The molecule has 2 unspecified atom stereocenters. The number of ether oxygens (including phenoxy) is 1. The minimum atomic E-state index is -0.419. The molecule has 0 saturated carbocycles. The molecule has 1 fully saturated rings. The lowest BCUT2D eigenvalue weighted by atomic mass is 10.0. The second-order valence-corrected chi connectivity index (χ2v) is 5.22. The van der Waals surface area contributed by atoms with E-state index in [-0.39, 0.29) is 17.7 Å². The van der Waals surface area contributed by atoms with Crippen LogP contribution in [0.2, 0.25) is 0 Å². The number of para-hydroxylation sites is 1. The van der Waals surface area contributed by atoms with Crippen LogP contribution in [0.1, 0.15) is 19.8 Å². The van der Waals surface area contributed by atoms with Gasteiger partial charge in [0.2, 0.25) is 0 Å². The van der Waals surface area contributed by atoms with Crippen LogP contribution in [0.5, 0.6) is 0 Å². The highest BCUT2D eigenvalue weighted by Gasteiger charge is 2.34. The number of amidine groups is 1. The fraction of sp³-hybridized carbons (Fsp3) is 0.467. The van der Waals surface area contributed by atoms with Gasteiger partial charge in [-0.1, -0.05) is 30.3 Å². The van der Waals surface area contributed by atoms with E-state index in [2.05, 4.69) is 5.16 Å². The van der Waals surface area contributed by atoms with Gasteiger partial charge in [0.25, 0.3) is 5.91 Å². The Balaban J connectivity index is 2.17. The summed E-state index contributed by atoms with van der Waals surface area (Å²) < 4.78 is 5.56. The predicted molar refractivity (Wildman–Crippen MR) is 80.3 cm³/mol. The Morgan fingerprint density at radius 1 is 1.48 bits per heavy atom. The number of hydrogen-bond donors (Lipinski definition) is 2. The molecule has 0 radical (unpaired) electrons. The zero-order chi connectivity index (χ0) is 15.2. The van der Waals surface area contributed by atoms with E-state index >= 15 is 0 Å². The maximum absolute atomic E-state index is 12.7. The molecule has 6 heteroatoms. The van der Waals surface area contributed by atoms with Crippen LogP contribution < -0.4 is 10.6 Å². The van der Waals surface area contributed by atoms with E-state index in [1.807, 2.05) is 37.3 Å². The van der Waals surface area contributed by atoms with Crippen LogP contribution in [0.15, 0.2) is 35.5 Å². The number of nitrogens with two attached hydrogens (primary N) is 1. The molecule has 114 valence electrons. The highest BCUT2D eigenvalue weighted by molar-refractivity contribution is 5.97. The van der Waals surface area contributed by atoms with Gasteiger partial charge in [-0.25, -0.2) is 0 Å². The largest absolute Gasteiger partial charge is 0.409 e. The number of hydrogen-bond acceptors (Lipinski definition) is 4. The molecular formula is C15H21N3O3. The highest BCUT2D eigenvalue weighted by Crippen LogP contribution is 2.24. The van der Waals surface area contributed by atoms with Crippen LogP contribution in [0.3, 0.4) is 0 Å². The number of carbonyl (C=O) groups is 1. The van der Waals surface area contributed by atoms with Crippen LogP contribution in [0.25, 0.3) is 0 Å². The van der Waals surface area contributed by atoms with Crippen LogP contribution in [-0.4, -0.2) is 36.2 Å². The average Bonchev–Trinajstić information content (AvgIpc) is 2.94. The SMILES string of the molecule is CC1CCOC1C(=O)N(CC/C(N)=N/O)c1ccccc1. The predicted octanol–water partition coefficient (Wildman–Crippen LogP) is 1.58. The van der Waals surface area contributed by atoms with Crippen molar-refractivity contribution in [1.82, 2.24) is 0 Å². The minimum absolute atomic E-state index is 0.0723. The van der Waals surface area contributed by atoms with Crippen LogP contribution >= 0.6 is 0 Å². The molecule has 0 bridgehead atoms. The van der Waals surface area contributed by atoms with E-state index in [0.29, 0.717) is 19.6 Å². The van der Waals surface area contributed by atoms with E-state index in [9.17, 15) is 4.79 Å². The van der Waals surface area contributed by atoms with Gasteiger partial charge in [-0.15, -0.1) is 0 Å². The summed E-state index contributed by atoms with van der Waals surface area (Å²) in [5, 5.41) is 11.6. The van der Waals surface area contributed by atoms with E-state index < -0.39 is 6.10 Å². The Morgan fingerprint density at radius 2 is 2.19 bits per heavy atom. The van der Waals surface area contributed by atoms with Crippen molar-refractivity contribution >= 4 is 17.4 Å². The third-order valence-corrected chi connectivity index (χ3v) is 3.68. The molecule has 21 heavy (non-hydrogen) atoms. The summed E-state index contributed by atoms with van der Waals surface area (Å²) in [6.07, 6.45) is 0.773. The van der Waals surface area contributed by atoms with E-state index in [0.717, 1.165) is 12.1 Å². The highest BCUT2D eigenvalue weighted by atomic mass is 16.5. The number of carbonyl (C=O) groups excluding carboxylic acids is 1. The van der Waals surface area contributed by atoms with Crippen LogP contribution in [-0.2, 0) is 9.53 Å². The third-order valence-electron chi connectivity index (χ3n) is 3.68. The lowest BCUT2D eigenvalue weighted by Crippen LogP contribution is -2.42. The first-order chi connectivity index (χ1) is 10.1. The van der Waals surface area contributed by atoms with Crippen molar-refractivity contribution < 1.29 is 14.7 Å². The fourth-order valence-electron chi connectivity index (χ4n) is 2.42. The maximum atomic E-state index is 12.7. The molecule has 0 spiro atoms. The first kappa shape index (κ1) is 15.3. The molecule has 3 N–H and O–H groups in total. The summed E-state index contributed by atoms with van der Waals surface area (Å²) in [5.41, 5.74) is 6.30. The van der Waals surface area contributed by atoms with Gasteiger partial charge in [-0.05, 0) is 24.5 Å². The molecule has 1 saturated heterocycles. The van der Waals surface area contributed by atoms with Gasteiger partial charge in [0.15, 0.2) is 0 Å². The van der Waals surface area contributed by atoms with Gasteiger partial charge in [-0.3, -0.25) is 4.79 Å². The topological polar surface area (TPSA) is 88.2 Å². The maximum Gasteiger partial charge on any atom is 0.256 e. The van der Waals surface area contributed by atoms with E-state index in [1.54, 1.807) is 4.90 Å². The van der Waals surface area contributed by atoms with Crippen molar-refractivity contribution in [2.45, 2.75) is 25.9 Å². The van der Waals surface area contributed by atoms with Gasteiger partial charge >= 0.3 is 0 Å². The molecule has 1 aromatic rings. The molecule has 6 nitrogen and oxygen atoms in total. The number of oxime groups is 1. The second-order valence-electron chi connectivity index (χ2n) is 5.22. The molecule has 2 rings (SSSR count). The molecule has 1 amide bonds. The fourth-order valence-corrected chi connectivity index (χ4v) is 2.42.